The summed E-state index contributed by atoms with van der Waals surface area (Å²) < 4.78 is 28.8. The van der Waals surface area contributed by atoms with Crippen molar-refractivity contribution in [3.05, 3.63) is 65.6 Å². The predicted octanol–water partition coefficient (Wildman–Crippen LogP) is 4.18. The fourth-order valence-electron chi connectivity index (χ4n) is 3.37. The summed E-state index contributed by atoms with van der Waals surface area (Å²) in [5, 5.41) is 0. The van der Waals surface area contributed by atoms with Crippen LogP contribution in [0.3, 0.4) is 0 Å². The van der Waals surface area contributed by atoms with Crippen molar-refractivity contribution >= 4 is 17.2 Å². The molecule has 1 aliphatic heterocycles. The second-order valence-corrected chi connectivity index (χ2v) is 6.41. The van der Waals surface area contributed by atoms with E-state index in [0.29, 0.717) is 12.1 Å². The Labute approximate surface area is 143 Å². The molecule has 1 atom stereocenters. The van der Waals surface area contributed by atoms with Crippen molar-refractivity contribution in [2.45, 2.75) is 32.2 Å². The molecule has 0 radical (unpaired) electrons. The summed E-state index contributed by atoms with van der Waals surface area (Å²) in [5.74, 6) is -1.98. The van der Waals surface area contributed by atoms with Crippen LogP contribution in [0.15, 0.2) is 42.7 Å². The Hall–Kier alpha value is -2.76. The van der Waals surface area contributed by atoms with E-state index >= 15 is 0 Å². The van der Waals surface area contributed by atoms with Crippen LogP contribution in [0, 0.1) is 18.6 Å². The standard InChI is InChI=1S/C19H17F2N3O/c1-12-7-8-23-11-16(22-18(23)9-12)17-3-2-4-19(25)24(17)13-5-6-14(20)15(21)10-13/h5-11,17H,2-4H2,1H3/t17-/m0/s1. The molecular formula is C19H17F2N3O. The van der Waals surface area contributed by atoms with Crippen molar-refractivity contribution in [2.75, 3.05) is 4.90 Å². The molecule has 3 aromatic rings. The Morgan fingerprint density at radius 2 is 2.00 bits per heavy atom. The molecule has 1 aromatic carbocycles. The van der Waals surface area contributed by atoms with Crippen molar-refractivity contribution in [2.24, 2.45) is 0 Å². The largest absolute Gasteiger partial charge is 0.307 e. The van der Waals surface area contributed by atoms with Gasteiger partial charge in [-0.1, -0.05) is 0 Å². The van der Waals surface area contributed by atoms with Gasteiger partial charge in [-0.05, 0) is 49.6 Å². The number of imidazole rings is 1. The number of rotatable bonds is 2. The Balaban J connectivity index is 1.78. The molecule has 6 heteroatoms. The molecule has 0 aliphatic carbocycles. The van der Waals surface area contributed by atoms with Crippen molar-refractivity contribution in [1.82, 2.24) is 9.38 Å². The highest BCUT2D eigenvalue weighted by atomic mass is 19.2. The van der Waals surface area contributed by atoms with E-state index in [9.17, 15) is 13.6 Å². The molecule has 0 unspecified atom stereocenters. The highest BCUT2D eigenvalue weighted by molar-refractivity contribution is 5.94. The number of piperidine rings is 1. The average Bonchev–Trinajstić information content (AvgIpc) is 3.00. The molecule has 2 aromatic heterocycles. The number of hydrogen-bond acceptors (Lipinski definition) is 2. The third-order valence-corrected chi connectivity index (χ3v) is 4.61. The van der Waals surface area contributed by atoms with Gasteiger partial charge in [0.15, 0.2) is 11.6 Å². The highest BCUT2D eigenvalue weighted by Gasteiger charge is 2.32. The van der Waals surface area contributed by atoms with Gasteiger partial charge in [0.2, 0.25) is 5.91 Å². The molecule has 1 aliphatic rings. The van der Waals surface area contributed by atoms with Gasteiger partial charge in [0, 0.05) is 30.6 Å². The summed E-state index contributed by atoms with van der Waals surface area (Å²) in [6.45, 7) is 1.99. The monoisotopic (exact) mass is 341 g/mol. The second kappa shape index (κ2) is 5.95. The fraction of sp³-hybridized carbons (Fsp3) is 0.263. The summed E-state index contributed by atoms with van der Waals surface area (Å²) in [6.07, 6.45) is 5.69. The third-order valence-electron chi connectivity index (χ3n) is 4.61. The number of halogens is 2. The Kier molecular flexibility index (Phi) is 3.75. The molecule has 0 bridgehead atoms. The summed E-state index contributed by atoms with van der Waals surface area (Å²) in [6, 6.07) is 7.23. The SMILES string of the molecule is Cc1ccn2cc([C@@H]3CCCC(=O)N3c3ccc(F)c(F)c3)nc2c1. The van der Waals surface area contributed by atoms with Crippen LogP contribution in [0.1, 0.15) is 36.6 Å². The number of carbonyl (C=O) groups is 1. The van der Waals surface area contributed by atoms with E-state index in [1.165, 1.54) is 6.07 Å². The minimum absolute atomic E-state index is 0.101. The van der Waals surface area contributed by atoms with E-state index in [1.54, 1.807) is 4.90 Å². The van der Waals surface area contributed by atoms with Gasteiger partial charge in [-0.2, -0.15) is 0 Å². The number of aromatic nitrogens is 2. The van der Waals surface area contributed by atoms with E-state index in [-0.39, 0.29) is 11.9 Å². The van der Waals surface area contributed by atoms with Gasteiger partial charge >= 0.3 is 0 Å². The average molecular weight is 341 g/mol. The highest BCUT2D eigenvalue weighted by Crippen LogP contribution is 2.36. The number of carbonyl (C=O) groups excluding carboxylic acids is 1. The zero-order chi connectivity index (χ0) is 17.6. The van der Waals surface area contributed by atoms with Gasteiger partial charge in [-0.3, -0.25) is 4.79 Å². The summed E-state index contributed by atoms with van der Waals surface area (Å²) in [7, 11) is 0. The molecule has 0 N–H and O–H groups in total. The number of aryl methyl sites for hydroxylation is 1. The molecular weight excluding hydrogens is 324 g/mol. The van der Waals surface area contributed by atoms with Crippen LogP contribution in [0.25, 0.3) is 5.65 Å². The molecule has 0 saturated carbocycles. The molecule has 1 saturated heterocycles. The molecule has 4 rings (SSSR count). The summed E-state index contributed by atoms with van der Waals surface area (Å²) in [4.78, 5) is 18.7. The van der Waals surface area contributed by atoms with Crippen LogP contribution in [0.2, 0.25) is 0 Å². The molecule has 1 amide bonds. The van der Waals surface area contributed by atoms with Crippen molar-refractivity contribution in [1.29, 1.82) is 0 Å². The Bertz CT molecular complexity index is 966. The van der Waals surface area contributed by atoms with Crippen LogP contribution >= 0.6 is 0 Å². The molecule has 4 nitrogen and oxygen atoms in total. The number of anilines is 1. The second-order valence-electron chi connectivity index (χ2n) is 6.41. The van der Waals surface area contributed by atoms with Crippen molar-refractivity contribution < 1.29 is 13.6 Å². The first-order valence-corrected chi connectivity index (χ1v) is 8.25. The first-order chi connectivity index (χ1) is 12.0. The zero-order valence-electron chi connectivity index (χ0n) is 13.7. The quantitative estimate of drug-likeness (QED) is 0.701. The van der Waals surface area contributed by atoms with Gasteiger partial charge < -0.3 is 9.30 Å². The number of hydrogen-bond donors (Lipinski definition) is 0. The lowest BCUT2D eigenvalue weighted by Crippen LogP contribution is -2.38. The van der Waals surface area contributed by atoms with Crippen LogP contribution < -0.4 is 4.90 Å². The van der Waals surface area contributed by atoms with E-state index in [2.05, 4.69) is 4.98 Å². The smallest absolute Gasteiger partial charge is 0.227 e. The van der Waals surface area contributed by atoms with E-state index < -0.39 is 11.6 Å². The first-order valence-electron chi connectivity index (χ1n) is 8.25. The lowest BCUT2D eigenvalue weighted by molar-refractivity contribution is -0.120. The van der Waals surface area contributed by atoms with Crippen LogP contribution in [-0.2, 0) is 4.79 Å². The van der Waals surface area contributed by atoms with Crippen molar-refractivity contribution in [3.8, 4) is 0 Å². The van der Waals surface area contributed by atoms with Crippen molar-refractivity contribution in [3.63, 3.8) is 0 Å². The van der Waals surface area contributed by atoms with E-state index in [1.807, 2.05) is 35.9 Å². The Morgan fingerprint density at radius 1 is 1.16 bits per heavy atom. The zero-order valence-corrected chi connectivity index (χ0v) is 13.7. The number of nitrogens with zero attached hydrogens (tertiary/aromatic N) is 3. The van der Waals surface area contributed by atoms with E-state index in [4.69, 9.17) is 0 Å². The molecule has 1 fully saturated rings. The minimum atomic E-state index is -0.958. The number of amides is 1. The maximum absolute atomic E-state index is 13.7. The number of benzene rings is 1. The number of pyridine rings is 1. The fourth-order valence-corrected chi connectivity index (χ4v) is 3.37. The number of fused-ring (bicyclic) bond motifs is 1. The van der Waals surface area contributed by atoms with Gasteiger partial charge in [0.05, 0.1) is 11.7 Å². The van der Waals surface area contributed by atoms with Crippen LogP contribution in [0.4, 0.5) is 14.5 Å². The lowest BCUT2D eigenvalue weighted by Gasteiger charge is -2.34. The van der Waals surface area contributed by atoms with Gasteiger partial charge in [-0.25, -0.2) is 13.8 Å². The molecule has 25 heavy (non-hydrogen) atoms. The molecule has 0 spiro atoms. The minimum Gasteiger partial charge on any atom is -0.307 e. The maximum Gasteiger partial charge on any atom is 0.227 e. The lowest BCUT2D eigenvalue weighted by atomic mass is 9.98. The third kappa shape index (κ3) is 2.77. The van der Waals surface area contributed by atoms with Gasteiger partial charge in [0.25, 0.3) is 0 Å². The maximum atomic E-state index is 13.7. The molecule has 3 heterocycles. The summed E-state index contributed by atoms with van der Waals surface area (Å²) >= 11 is 0. The topological polar surface area (TPSA) is 37.6 Å². The Morgan fingerprint density at radius 3 is 2.80 bits per heavy atom. The van der Waals surface area contributed by atoms with Gasteiger partial charge in [-0.15, -0.1) is 0 Å². The first kappa shape index (κ1) is 15.7. The van der Waals surface area contributed by atoms with Gasteiger partial charge in [0.1, 0.15) is 5.65 Å². The predicted molar refractivity (Wildman–Crippen MR) is 90.4 cm³/mol. The summed E-state index contributed by atoms with van der Waals surface area (Å²) in [5.41, 5.74) is 3.02. The molecule has 128 valence electrons. The van der Waals surface area contributed by atoms with Crippen LogP contribution in [0.5, 0.6) is 0 Å². The normalized spacial score (nSPS) is 18.1. The van der Waals surface area contributed by atoms with Crippen LogP contribution in [-0.4, -0.2) is 15.3 Å². The van der Waals surface area contributed by atoms with E-state index in [0.717, 1.165) is 41.9 Å².